The van der Waals surface area contributed by atoms with Crippen molar-refractivity contribution < 1.29 is 8.78 Å². The second-order valence-electron chi connectivity index (χ2n) is 7.41. The van der Waals surface area contributed by atoms with E-state index in [1.165, 1.54) is 37.0 Å². The van der Waals surface area contributed by atoms with Gasteiger partial charge in [0.25, 0.3) is 0 Å². The van der Waals surface area contributed by atoms with Crippen LogP contribution in [0.2, 0.25) is 0 Å². The largest absolute Gasteiger partial charge is 0.206 e. The van der Waals surface area contributed by atoms with Crippen LogP contribution >= 0.6 is 0 Å². The van der Waals surface area contributed by atoms with Gasteiger partial charge >= 0.3 is 0 Å². The van der Waals surface area contributed by atoms with E-state index in [9.17, 15) is 8.78 Å². The summed E-state index contributed by atoms with van der Waals surface area (Å²) in [5.41, 5.74) is 3.84. The third kappa shape index (κ3) is 6.58. The van der Waals surface area contributed by atoms with Crippen molar-refractivity contribution in [3.63, 3.8) is 0 Å². The van der Waals surface area contributed by atoms with E-state index in [1.807, 2.05) is 19.1 Å². The summed E-state index contributed by atoms with van der Waals surface area (Å²) in [6.07, 6.45) is 5.33. The lowest BCUT2D eigenvalue weighted by Crippen LogP contribution is -1.93. The first-order valence-corrected chi connectivity index (χ1v) is 10.7. The summed E-state index contributed by atoms with van der Waals surface area (Å²) >= 11 is 0. The molecule has 3 aromatic rings. The number of benzene rings is 3. The van der Waals surface area contributed by atoms with Gasteiger partial charge in [0.15, 0.2) is 0 Å². The van der Waals surface area contributed by atoms with Crippen LogP contribution in [-0.4, -0.2) is 0 Å². The van der Waals surface area contributed by atoms with Crippen LogP contribution in [0.3, 0.4) is 0 Å². The molecule has 0 fully saturated rings. The molecule has 0 aliphatic heterocycles. The van der Waals surface area contributed by atoms with Crippen LogP contribution < -0.4 is 0 Å². The van der Waals surface area contributed by atoms with E-state index in [2.05, 4.69) is 41.1 Å². The van der Waals surface area contributed by atoms with Gasteiger partial charge in [0.1, 0.15) is 11.6 Å². The van der Waals surface area contributed by atoms with E-state index < -0.39 is 11.6 Å². The average molecular weight is 417 g/mol. The molecule has 0 spiro atoms. The number of aryl methyl sites for hydroxylation is 2. The normalized spacial score (nSPS) is 10.8. The molecule has 0 amide bonds. The molecule has 0 bridgehead atoms. The molecule has 4 heteroatoms. The van der Waals surface area contributed by atoms with Crippen molar-refractivity contribution in [1.82, 2.24) is 0 Å². The first-order chi connectivity index (χ1) is 15.1. The Morgan fingerprint density at radius 3 is 1.84 bits per heavy atom. The van der Waals surface area contributed by atoms with Gasteiger partial charge in [0.05, 0.1) is 16.9 Å². The van der Waals surface area contributed by atoms with Crippen molar-refractivity contribution >= 4 is 11.4 Å². The Kier molecular flexibility index (Phi) is 8.06. The van der Waals surface area contributed by atoms with Crippen LogP contribution in [0.4, 0.5) is 20.2 Å². The third-order valence-corrected chi connectivity index (χ3v) is 5.00. The zero-order chi connectivity index (χ0) is 22.1. The maximum Gasteiger partial charge on any atom is 0.142 e. The van der Waals surface area contributed by atoms with Gasteiger partial charge in [-0.2, -0.15) is 10.2 Å². The number of azo groups is 1. The minimum absolute atomic E-state index is 0.209. The number of hydrogen-bond donors (Lipinski definition) is 0. The number of unbranched alkanes of at least 4 members (excludes halogenated alkanes) is 2. The molecule has 0 unspecified atom stereocenters. The Hall–Kier alpha value is -3.32. The van der Waals surface area contributed by atoms with Gasteiger partial charge in [-0.15, -0.1) is 0 Å². The van der Waals surface area contributed by atoms with Crippen molar-refractivity contribution in [1.29, 1.82) is 0 Å². The maximum atomic E-state index is 14.1. The van der Waals surface area contributed by atoms with Crippen LogP contribution in [-0.2, 0) is 12.8 Å². The Labute approximate surface area is 183 Å². The molecule has 0 radical (unpaired) electrons. The zero-order valence-electron chi connectivity index (χ0n) is 18.0. The zero-order valence-corrected chi connectivity index (χ0v) is 18.0. The van der Waals surface area contributed by atoms with E-state index in [4.69, 9.17) is 0 Å². The third-order valence-electron chi connectivity index (χ3n) is 5.00. The van der Waals surface area contributed by atoms with Gasteiger partial charge in [0.2, 0.25) is 0 Å². The van der Waals surface area contributed by atoms with Gasteiger partial charge in [-0.05, 0) is 78.9 Å². The van der Waals surface area contributed by atoms with E-state index in [-0.39, 0.29) is 5.56 Å². The molecular weight excluding hydrogens is 390 g/mol. The summed E-state index contributed by atoms with van der Waals surface area (Å²) in [5.74, 6) is 4.14. The lowest BCUT2D eigenvalue weighted by atomic mass is 10.1. The monoisotopic (exact) mass is 416 g/mol. The molecule has 0 saturated heterocycles. The highest BCUT2D eigenvalue weighted by atomic mass is 19.1. The van der Waals surface area contributed by atoms with E-state index in [0.29, 0.717) is 23.2 Å². The molecule has 3 rings (SSSR count). The fourth-order valence-corrected chi connectivity index (χ4v) is 3.12. The van der Waals surface area contributed by atoms with Crippen LogP contribution in [0.1, 0.15) is 55.4 Å². The van der Waals surface area contributed by atoms with E-state index >= 15 is 0 Å². The predicted octanol–water partition coefficient (Wildman–Crippen LogP) is 8.08. The van der Waals surface area contributed by atoms with Gasteiger partial charge in [-0.1, -0.05) is 50.7 Å². The lowest BCUT2D eigenvalue weighted by Gasteiger charge is -2.01. The minimum atomic E-state index is -0.633. The smallest absolute Gasteiger partial charge is 0.142 e. The second kappa shape index (κ2) is 11.2. The van der Waals surface area contributed by atoms with Crippen LogP contribution in [0.15, 0.2) is 70.9 Å². The molecule has 3 aromatic carbocycles. The molecule has 0 aromatic heterocycles. The van der Waals surface area contributed by atoms with Crippen molar-refractivity contribution in [3.8, 4) is 11.8 Å². The van der Waals surface area contributed by atoms with Crippen molar-refractivity contribution in [2.75, 3.05) is 0 Å². The standard InChI is InChI=1S/C27H26F2N2/c1-3-5-6-7-21-8-13-23(14-9-21)30-31-24-15-10-22(11-16-24)12-17-25-26(28)18-20(4-2)19-27(25)29/h8-11,13-16,18-19H,3-7H2,1-2H3. The molecule has 2 nitrogen and oxygen atoms in total. The van der Waals surface area contributed by atoms with Crippen LogP contribution in [0.25, 0.3) is 0 Å². The SMILES string of the molecule is CCCCCc1ccc(N=Nc2ccc(C#Cc3c(F)cc(CC)cc3F)cc2)cc1. The van der Waals surface area contributed by atoms with Crippen LogP contribution in [0.5, 0.6) is 0 Å². The molecule has 0 aliphatic carbocycles. The average Bonchev–Trinajstić information content (AvgIpc) is 2.79. The van der Waals surface area contributed by atoms with Gasteiger partial charge < -0.3 is 0 Å². The summed E-state index contributed by atoms with van der Waals surface area (Å²) < 4.78 is 28.1. The van der Waals surface area contributed by atoms with Crippen LogP contribution in [0, 0.1) is 23.5 Å². The summed E-state index contributed by atoms with van der Waals surface area (Å²) in [5, 5.41) is 8.51. The number of hydrogen-bond acceptors (Lipinski definition) is 2. The van der Waals surface area contributed by atoms with Gasteiger partial charge in [-0.25, -0.2) is 8.78 Å². The molecule has 0 N–H and O–H groups in total. The molecular formula is C27H26F2N2. The Balaban J connectivity index is 1.64. The highest BCUT2D eigenvalue weighted by molar-refractivity contribution is 5.49. The van der Waals surface area contributed by atoms with E-state index in [1.54, 1.807) is 24.3 Å². The Morgan fingerprint density at radius 2 is 1.29 bits per heavy atom. The minimum Gasteiger partial charge on any atom is -0.206 e. The molecule has 0 saturated carbocycles. The number of nitrogens with zero attached hydrogens (tertiary/aromatic N) is 2. The van der Waals surface area contributed by atoms with Crippen molar-refractivity contribution in [3.05, 3.63) is 94.6 Å². The summed E-state index contributed by atoms with van der Waals surface area (Å²) in [4.78, 5) is 0. The summed E-state index contributed by atoms with van der Waals surface area (Å²) in [7, 11) is 0. The van der Waals surface area contributed by atoms with Crippen molar-refractivity contribution in [2.24, 2.45) is 10.2 Å². The topological polar surface area (TPSA) is 24.7 Å². The molecule has 31 heavy (non-hydrogen) atoms. The van der Waals surface area contributed by atoms with E-state index in [0.717, 1.165) is 12.1 Å². The van der Waals surface area contributed by atoms with Gasteiger partial charge in [-0.3, -0.25) is 0 Å². The number of rotatable bonds is 7. The molecule has 0 atom stereocenters. The summed E-state index contributed by atoms with van der Waals surface area (Å²) in [6.45, 7) is 4.05. The fourth-order valence-electron chi connectivity index (χ4n) is 3.12. The number of halogens is 2. The first kappa shape index (κ1) is 22.4. The Morgan fingerprint density at radius 1 is 0.710 bits per heavy atom. The second-order valence-corrected chi connectivity index (χ2v) is 7.41. The highest BCUT2D eigenvalue weighted by Crippen LogP contribution is 2.20. The molecule has 0 aliphatic rings. The van der Waals surface area contributed by atoms with Crippen molar-refractivity contribution in [2.45, 2.75) is 46.0 Å². The first-order valence-electron chi connectivity index (χ1n) is 10.7. The maximum absolute atomic E-state index is 14.1. The predicted molar refractivity (Wildman–Crippen MR) is 122 cm³/mol. The highest BCUT2D eigenvalue weighted by Gasteiger charge is 2.08. The lowest BCUT2D eigenvalue weighted by molar-refractivity contribution is 0.574. The fraction of sp³-hybridized carbons (Fsp3) is 0.259. The quantitative estimate of drug-likeness (QED) is 0.211. The summed E-state index contributed by atoms with van der Waals surface area (Å²) in [6, 6.07) is 17.8. The molecule has 0 heterocycles. The Bertz CT molecular complexity index is 1070. The molecule has 158 valence electrons. The van der Waals surface area contributed by atoms with Gasteiger partial charge in [0, 0.05) is 5.56 Å².